The average molecular weight is 569 g/mol. The molecule has 0 fully saturated rings. The second-order valence-electron chi connectivity index (χ2n) is 12.1. The number of hydrogen-bond acceptors (Lipinski definition) is 6. The molecule has 10 heteroatoms. The zero-order valence-electron chi connectivity index (χ0n) is 25.0. The van der Waals surface area contributed by atoms with Gasteiger partial charge in [-0.1, -0.05) is 36.4 Å². The van der Waals surface area contributed by atoms with Crippen molar-refractivity contribution in [2.24, 2.45) is 0 Å². The molecule has 3 aromatic heterocycles. The van der Waals surface area contributed by atoms with Crippen molar-refractivity contribution in [3.63, 3.8) is 0 Å². The highest BCUT2D eigenvalue weighted by Gasteiger charge is 2.28. The number of nitrogens with zero attached hydrogens (tertiary/aromatic N) is 5. The summed E-state index contributed by atoms with van der Waals surface area (Å²) in [6.07, 6.45) is 0.759. The molecule has 0 saturated carbocycles. The maximum atomic E-state index is 13.6. The topological polar surface area (TPSA) is 103 Å². The SMILES string of the molecule is Cc1cc2c(NC(=O)OC(C)(C)C)cccc2n1-c1nc(N(Cc2ccccc2)C(=O)OC(C)(C)C)c2cccn2n1. The minimum atomic E-state index is -0.703. The quantitative estimate of drug-likeness (QED) is 0.239. The van der Waals surface area contributed by atoms with Crippen LogP contribution in [0.1, 0.15) is 52.8 Å². The molecule has 3 heterocycles. The molecule has 2 amide bonds. The fraction of sp³-hybridized carbons (Fsp3) is 0.312. The summed E-state index contributed by atoms with van der Waals surface area (Å²) >= 11 is 0. The smallest absolute Gasteiger partial charge is 0.416 e. The molecule has 5 rings (SSSR count). The Morgan fingerprint density at radius 3 is 2.26 bits per heavy atom. The van der Waals surface area contributed by atoms with Crippen molar-refractivity contribution in [3.8, 4) is 5.95 Å². The molecule has 0 radical (unpaired) electrons. The van der Waals surface area contributed by atoms with E-state index in [1.807, 2.05) is 126 Å². The van der Waals surface area contributed by atoms with E-state index < -0.39 is 23.4 Å². The Balaban J connectivity index is 1.63. The number of rotatable bonds is 5. The Bertz CT molecular complexity index is 1760. The number of aromatic nitrogens is 4. The van der Waals surface area contributed by atoms with Crippen molar-refractivity contribution in [1.29, 1.82) is 0 Å². The van der Waals surface area contributed by atoms with Crippen LogP contribution in [0.5, 0.6) is 0 Å². The highest BCUT2D eigenvalue weighted by Crippen LogP contribution is 2.31. The summed E-state index contributed by atoms with van der Waals surface area (Å²) in [5, 5.41) is 8.45. The van der Waals surface area contributed by atoms with Crippen LogP contribution in [-0.4, -0.2) is 42.6 Å². The Hall–Kier alpha value is -4.86. The number of ether oxygens (including phenoxy) is 2. The fourth-order valence-corrected chi connectivity index (χ4v) is 4.66. The highest BCUT2D eigenvalue weighted by molar-refractivity contribution is 6.00. The van der Waals surface area contributed by atoms with Crippen LogP contribution < -0.4 is 10.2 Å². The summed E-state index contributed by atoms with van der Waals surface area (Å²) in [5.74, 6) is 0.768. The molecule has 0 spiro atoms. The van der Waals surface area contributed by atoms with Crippen molar-refractivity contribution in [2.75, 3.05) is 10.2 Å². The van der Waals surface area contributed by atoms with E-state index in [1.165, 1.54) is 4.90 Å². The van der Waals surface area contributed by atoms with Crippen molar-refractivity contribution in [3.05, 3.63) is 84.2 Å². The molecule has 0 atom stereocenters. The fourth-order valence-electron chi connectivity index (χ4n) is 4.66. The Kier molecular flexibility index (Phi) is 7.40. The van der Waals surface area contributed by atoms with Gasteiger partial charge in [-0.15, -0.1) is 5.10 Å². The third-order valence-electron chi connectivity index (χ3n) is 6.28. The molecule has 0 bridgehead atoms. The minimum Gasteiger partial charge on any atom is -0.444 e. The van der Waals surface area contributed by atoms with Gasteiger partial charge in [0.15, 0.2) is 5.82 Å². The molecule has 1 N–H and O–H groups in total. The van der Waals surface area contributed by atoms with Crippen LogP contribution in [-0.2, 0) is 16.0 Å². The van der Waals surface area contributed by atoms with Gasteiger partial charge >= 0.3 is 12.2 Å². The summed E-state index contributed by atoms with van der Waals surface area (Å²) in [5.41, 5.74) is 2.47. The molecule has 0 unspecified atom stereocenters. The number of benzene rings is 2. The average Bonchev–Trinajstić information content (AvgIpc) is 3.49. The van der Waals surface area contributed by atoms with E-state index in [0.29, 0.717) is 23.0 Å². The van der Waals surface area contributed by atoms with Crippen LogP contribution in [0.4, 0.5) is 21.1 Å². The molecule has 2 aromatic carbocycles. The zero-order chi connectivity index (χ0) is 30.2. The lowest BCUT2D eigenvalue weighted by Crippen LogP contribution is -2.37. The van der Waals surface area contributed by atoms with Gasteiger partial charge in [0.05, 0.1) is 17.7 Å². The van der Waals surface area contributed by atoms with Crippen LogP contribution in [0.25, 0.3) is 22.4 Å². The molecule has 0 aliphatic rings. The highest BCUT2D eigenvalue weighted by atomic mass is 16.6. The maximum absolute atomic E-state index is 13.6. The lowest BCUT2D eigenvalue weighted by molar-refractivity contribution is 0.0574. The number of anilines is 2. The van der Waals surface area contributed by atoms with Gasteiger partial charge in [-0.25, -0.2) is 14.1 Å². The third kappa shape index (κ3) is 6.22. The lowest BCUT2D eigenvalue weighted by atomic mass is 10.2. The van der Waals surface area contributed by atoms with Crippen LogP contribution in [0, 0.1) is 6.92 Å². The number of carbonyl (C=O) groups excluding carboxylic acids is 2. The van der Waals surface area contributed by atoms with Crippen LogP contribution in [0.15, 0.2) is 72.9 Å². The van der Waals surface area contributed by atoms with Gasteiger partial charge in [-0.05, 0) is 84.4 Å². The Labute approximate surface area is 244 Å². The largest absolute Gasteiger partial charge is 0.444 e. The van der Waals surface area contributed by atoms with Crippen molar-refractivity contribution in [1.82, 2.24) is 19.2 Å². The first-order chi connectivity index (χ1) is 19.8. The van der Waals surface area contributed by atoms with Gasteiger partial charge in [0.1, 0.15) is 16.7 Å². The van der Waals surface area contributed by atoms with Gasteiger partial charge in [0.25, 0.3) is 5.95 Å². The summed E-state index contributed by atoms with van der Waals surface area (Å²) in [7, 11) is 0. The van der Waals surface area contributed by atoms with E-state index in [0.717, 1.165) is 22.2 Å². The molecule has 218 valence electrons. The molecule has 0 saturated heterocycles. The summed E-state index contributed by atoms with van der Waals surface area (Å²) < 4.78 is 14.9. The molecular weight excluding hydrogens is 532 g/mol. The van der Waals surface area contributed by atoms with Crippen molar-refractivity contribution < 1.29 is 19.1 Å². The maximum Gasteiger partial charge on any atom is 0.416 e. The molecule has 5 aromatic rings. The van der Waals surface area contributed by atoms with E-state index in [9.17, 15) is 9.59 Å². The second kappa shape index (κ2) is 10.8. The van der Waals surface area contributed by atoms with E-state index >= 15 is 0 Å². The summed E-state index contributed by atoms with van der Waals surface area (Å²) in [4.78, 5) is 32.7. The first-order valence-electron chi connectivity index (χ1n) is 13.8. The molecule has 10 nitrogen and oxygen atoms in total. The van der Waals surface area contributed by atoms with Crippen molar-refractivity contribution in [2.45, 2.75) is 66.2 Å². The van der Waals surface area contributed by atoms with E-state index in [1.54, 1.807) is 4.52 Å². The van der Waals surface area contributed by atoms with E-state index in [-0.39, 0.29) is 6.54 Å². The molecule has 0 aliphatic carbocycles. The minimum absolute atomic E-state index is 0.252. The molecule has 42 heavy (non-hydrogen) atoms. The van der Waals surface area contributed by atoms with Gasteiger partial charge in [-0.3, -0.25) is 14.8 Å². The zero-order valence-corrected chi connectivity index (χ0v) is 25.0. The molecule has 0 aliphatic heterocycles. The number of aryl methyl sites for hydroxylation is 1. The first-order valence-corrected chi connectivity index (χ1v) is 13.8. The van der Waals surface area contributed by atoms with Crippen LogP contribution >= 0.6 is 0 Å². The van der Waals surface area contributed by atoms with Crippen molar-refractivity contribution >= 4 is 40.1 Å². The normalized spacial score (nSPS) is 12.0. The number of nitrogens with one attached hydrogen (secondary N) is 1. The third-order valence-corrected chi connectivity index (χ3v) is 6.28. The predicted octanol–water partition coefficient (Wildman–Crippen LogP) is 7.27. The number of fused-ring (bicyclic) bond motifs is 2. The number of amides is 2. The Morgan fingerprint density at radius 1 is 0.881 bits per heavy atom. The summed E-state index contributed by atoms with van der Waals surface area (Å²) in [6, 6.07) is 21.0. The van der Waals surface area contributed by atoms with Crippen LogP contribution in [0.2, 0.25) is 0 Å². The lowest BCUT2D eigenvalue weighted by Gasteiger charge is -2.27. The standard InChI is InChI=1S/C32H36N6O4/c1-21-19-23-24(33-29(39)41-31(2,3)4)15-11-16-25(23)38(21)28-34-27(26-17-12-18-37(26)35-28)36(30(40)42-32(5,6)7)20-22-13-9-8-10-14-22/h8-19H,20H2,1-7H3,(H,33,39). The first kappa shape index (κ1) is 28.7. The van der Waals surface area contributed by atoms with Gasteiger partial charge in [0, 0.05) is 17.3 Å². The van der Waals surface area contributed by atoms with E-state index in [4.69, 9.17) is 19.6 Å². The van der Waals surface area contributed by atoms with Crippen LogP contribution in [0.3, 0.4) is 0 Å². The monoisotopic (exact) mass is 568 g/mol. The van der Waals surface area contributed by atoms with Gasteiger partial charge in [-0.2, -0.15) is 4.98 Å². The van der Waals surface area contributed by atoms with E-state index in [2.05, 4.69) is 5.32 Å². The number of carbonyl (C=O) groups is 2. The van der Waals surface area contributed by atoms with Gasteiger partial charge < -0.3 is 9.47 Å². The predicted molar refractivity (Wildman–Crippen MR) is 163 cm³/mol. The Morgan fingerprint density at radius 2 is 1.57 bits per heavy atom. The molecular formula is C32H36N6O4. The van der Waals surface area contributed by atoms with Gasteiger partial charge in [0.2, 0.25) is 0 Å². The number of hydrogen-bond donors (Lipinski definition) is 1. The second-order valence-corrected chi connectivity index (χ2v) is 12.1. The summed E-state index contributed by atoms with van der Waals surface area (Å²) in [6.45, 7) is 13.2.